The first-order valence-corrected chi connectivity index (χ1v) is 10.1. The number of pyridine rings is 1. The van der Waals surface area contributed by atoms with Crippen LogP contribution in [0, 0.1) is 5.82 Å². The maximum absolute atomic E-state index is 15.2. The minimum atomic E-state index is -4.67. The van der Waals surface area contributed by atoms with Gasteiger partial charge in [0.2, 0.25) is 0 Å². The van der Waals surface area contributed by atoms with Crippen LogP contribution < -0.4 is 4.72 Å². The Balaban J connectivity index is 2.09. The van der Waals surface area contributed by atoms with Crippen LogP contribution in [0.15, 0.2) is 35.1 Å². The molecule has 0 radical (unpaired) electrons. The quantitative estimate of drug-likeness (QED) is 0.441. The highest BCUT2D eigenvalue weighted by Gasteiger charge is 2.35. The van der Waals surface area contributed by atoms with E-state index in [-0.39, 0.29) is 39.9 Å². The molecule has 2 heterocycles. The molecule has 0 saturated carbocycles. The van der Waals surface area contributed by atoms with Gasteiger partial charge in [-0.2, -0.15) is 13.2 Å². The van der Waals surface area contributed by atoms with Crippen molar-refractivity contribution in [3.63, 3.8) is 0 Å². The van der Waals surface area contributed by atoms with Crippen molar-refractivity contribution in [2.75, 3.05) is 0 Å². The van der Waals surface area contributed by atoms with Gasteiger partial charge < -0.3 is 14.1 Å². The Hall–Kier alpha value is -2.14. The molecule has 0 aliphatic carbocycles. The van der Waals surface area contributed by atoms with Gasteiger partial charge >= 0.3 is 6.18 Å². The van der Waals surface area contributed by atoms with Crippen molar-refractivity contribution in [2.45, 2.75) is 44.8 Å². The van der Waals surface area contributed by atoms with Gasteiger partial charge in [-0.3, -0.25) is 4.98 Å². The zero-order valence-electron chi connectivity index (χ0n) is 16.4. The Morgan fingerprint density at radius 2 is 1.90 bits per heavy atom. The second-order valence-corrected chi connectivity index (χ2v) is 9.70. The Labute approximate surface area is 173 Å². The van der Waals surface area contributed by atoms with Crippen LogP contribution >= 0.6 is 0 Å². The summed E-state index contributed by atoms with van der Waals surface area (Å²) in [5.41, 5.74) is -1.01. The number of furan rings is 1. The lowest BCUT2D eigenvalue weighted by atomic mass is 9.98. The number of aliphatic hydroxyl groups is 1. The van der Waals surface area contributed by atoms with Crippen molar-refractivity contribution in [1.82, 2.24) is 9.71 Å². The van der Waals surface area contributed by atoms with Crippen molar-refractivity contribution in [1.29, 1.82) is 0 Å². The molecule has 0 aliphatic rings. The average Bonchev–Trinajstić information content (AvgIpc) is 3.09. The molecule has 3 aromatic rings. The molecule has 162 valence electrons. The van der Waals surface area contributed by atoms with Crippen molar-refractivity contribution < 1.29 is 31.6 Å². The first-order chi connectivity index (χ1) is 13.9. The molecule has 1 unspecified atom stereocenters. The van der Waals surface area contributed by atoms with E-state index in [0.29, 0.717) is 6.26 Å². The summed E-state index contributed by atoms with van der Waals surface area (Å²) >= 11 is -1.46. The van der Waals surface area contributed by atoms with E-state index >= 15 is 4.39 Å². The van der Waals surface area contributed by atoms with E-state index in [1.807, 2.05) is 0 Å². The van der Waals surface area contributed by atoms with Crippen molar-refractivity contribution in [3.05, 3.63) is 53.3 Å². The Bertz CT molecular complexity index is 1060. The molecule has 0 amide bonds. The molecule has 1 atom stereocenters. The van der Waals surface area contributed by atoms with Gasteiger partial charge in [0.15, 0.2) is 5.82 Å². The smallest absolute Gasteiger partial charge is 0.420 e. The number of halogens is 4. The molecule has 2 aromatic heterocycles. The third-order valence-corrected chi connectivity index (χ3v) is 5.92. The van der Waals surface area contributed by atoms with Gasteiger partial charge in [-0.1, -0.05) is 0 Å². The molecule has 30 heavy (non-hydrogen) atoms. The number of nitrogens with one attached hydrogen (secondary N) is 1. The monoisotopic (exact) mass is 444 g/mol. The summed E-state index contributed by atoms with van der Waals surface area (Å²) in [6, 6.07) is 3.85. The highest BCUT2D eigenvalue weighted by atomic mass is 32.2. The second kappa shape index (κ2) is 8.18. The minimum Gasteiger partial charge on any atom is -0.598 e. The van der Waals surface area contributed by atoms with Crippen molar-refractivity contribution in [2.24, 2.45) is 0 Å². The van der Waals surface area contributed by atoms with Gasteiger partial charge in [-0.05, 0) is 44.5 Å². The average molecular weight is 444 g/mol. The first kappa shape index (κ1) is 22.5. The predicted octanol–water partition coefficient (Wildman–Crippen LogP) is 4.70. The lowest BCUT2D eigenvalue weighted by Gasteiger charge is -2.23. The summed E-state index contributed by atoms with van der Waals surface area (Å²) in [5.74, 6) is -0.780. The van der Waals surface area contributed by atoms with Crippen molar-refractivity contribution in [3.8, 4) is 11.1 Å². The molecule has 3 rings (SSSR count). The van der Waals surface area contributed by atoms with Gasteiger partial charge in [0, 0.05) is 34.1 Å². The van der Waals surface area contributed by atoms with Crippen LogP contribution in [0.25, 0.3) is 22.1 Å². The summed E-state index contributed by atoms with van der Waals surface area (Å²) < 4.78 is 74.5. The molecule has 0 spiro atoms. The summed E-state index contributed by atoms with van der Waals surface area (Å²) in [6.07, 6.45) is -2.79. The number of fused-ring (bicyclic) bond motifs is 1. The molecule has 5 nitrogen and oxygen atoms in total. The maximum Gasteiger partial charge on any atom is 0.420 e. The third kappa shape index (κ3) is 4.46. The van der Waals surface area contributed by atoms with E-state index in [1.54, 1.807) is 20.8 Å². The summed E-state index contributed by atoms with van der Waals surface area (Å²) in [5, 5.41) is 9.21. The number of hydrogen-bond donors (Lipinski definition) is 2. The molecule has 10 heteroatoms. The zero-order chi connectivity index (χ0) is 22.3. The second-order valence-electron chi connectivity index (χ2n) is 7.65. The molecule has 0 bridgehead atoms. The molecule has 1 aromatic carbocycles. The molecule has 0 aliphatic heterocycles. The van der Waals surface area contributed by atoms with E-state index < -0.39 is 40.3 Å². The SMILES string of the molecule is CC(C)(C)[S+]([O-])NCc1nccc(-c2cc(CO)cc3c(C(F)(F)F)coc23)c1F. The molecular weight excluding hydrogens is 424 g/mol. The maximum atomic E-state index is 15.2. The fourth-order valence-electron chi connectivity index (χ4n) is 2.88. The Kier molecular flexibility index (Phi) is 6.15. The number of aromatic nitrogens is 1. The lowest BCUT2D eigenvalue weighted by molar-refractivity contribution is -0.136. The van der Waals surface area contributed by atoms with Crippen LogP contribution in [-0.4, -0.2) is 19.4 Å². The van der Waals surface area contributed by atoms with Gasteiger partial charge in [0.05, 0.1) is 18.8 Å². The fourth-order valence-corrected chi connectivity index (χ4v) is 3.58. The number of benzene rings is 1. The van der Waals surface area contributed by atoms with E-state index in [4.69, 9.17) is 4.42 Å². The molecular formula is C20H20F4N2O3S. The largest absolute Gasteiger partial charge is 0.598 e. The first-order valence-electron chi connectivity index (χ1n) is 8.94. The number of nitrogens with zero attached hydrogens (tertiary/aromatic N) is 1. The van der Waals surface area contributed by atoms with Crippen LogP contribution in [0.1, 0.15) is 37.6 Å². The van der Waals surface area contributed by atoms with Crippen LogP contribution in [0.2, 0.25) is 0 Å². The highest BCUT2D eigenvalue weighted by Crippen LogP contribution is 2.41. The number of alkyl halides is 3. The topological polar surface area (TPSA) is 81.3 Å². The van der Waals surface area contributed by atoms with Gasteiger partial charge in [-0.25, -0.2) is 4.39 Å². The van der Waals surface area contributed by atoms with Gasteiger partial charge in [0.1, 0.15) is 22.2 Å². The standard InChI is InChI=1S/C20H20F4N2O3S/c1-19(2,3)30(28)26-8-16-17(21)12(4-5-25-16)13-6-11(9-27)7-14-15(20(22,23)24)10-29-18(13)14/h4-7,10,26-27H,8-9H2,1-3H3. The lowest BCUT2D eigenvalue weighted by Crippen LogP contribution is -2.39. The Morgan fingerprint density at radius 3 is 2.50 bits per heavy atom. The minimum absolute atomic E-state index is 0.0354. The van der Waals surface area contributed by atoms with Crippen LogP contribution in [0.4, 0.5) is 17.6 Å². The third-order valence-electron chi connectivity index (χ3n) is 4.40. The van der Waals surface area contributed by atoms with Crippen molar-refractivity contribution >= 4 is 22.3 Å². The molecule has 0 saturated heterocycles. The summed E-state index contributed by atoms with van der Waals surface area (Å²) in [6.45, 7) is 4.59. The van der Waals surface area contributed by atoms with E-state index in [9.17, 15) is 22.8 Å². The fraction of sp³-hybridized carbons (Fsp3) is 0.350. The van der Waals surface area contributed by atoms with Crippen LogP contribution in [-0.2, 0) is 30.7 Å². The normalized spacial score (nSPS) is 13.8. The summed E-state index contributed by atoms with van der Waals surface area (Å²) in [7, 11) is 0. The summed E-state index contributed by atoms with van der Waals surface area (Å²) in [4.78, 5) is 3.95. The molecule has 2 N–H and O–H groups in total. The van der Waals surface area contributed by atoms with Gasteiger partial charge in [0.25, 0.3) is 0 Å². The number of rotatable bonds is 5. The van der Waals surface area contributed by atoms with Gasteiger partial charge in [-0.15, -0.1) is 4.72 Å². The van der Waals surface area contributed by atoms with Crippen LogP contribution in [0.5, 0.6) is 0 Å². The number of aliphatic hydroxyl groups excluding tert-OH is 1. The zero-order valence-corrected chi connectivity index (χ0v) is 17.2. The number of hydrogen-bond acceptors (Lipinski definition) is 5. The molecule has 0 fully saturated rings. The highest BCUT2D eigenvalue weighted by molar-refractivity contribution is 7.90. The Morgan fingerprint density at radius 1 is 1.20 bits per heavy atom. The van der Waals surface area contributed by atoms with Crippen LogP contribution in [0.3, 0.4) is 0 Å². The van der Waals surface area contributed by atoms with E-state index in [0.717, 1.165) is 0 Å². The predicted molar refractivity (Wildman–Crippen MR) is 105 cm³/mol. The van der Waals surface area contributed by atoms with E-state index in [2.05, 4.69) is 9.71 Å². The van der Waals surface area contributed by atoms with E-state index in [1.165, 1.54) is 24.4 Å².